The summed E-state index contributed by atoms with van der Waals surface area (Å²) in [6.45, 7) is 0.801. The molecule has 1 fully saturated rings. The minimum Gasteiger partial charge on any atom is -0.493 e. The SMILES string of the molecule is COC(=O)c1cc(OC)c(OC)cc1NC(=S)N1CCCC[C@H]1CO. The van der Waals surface area contributed by atoms with E-state index in [1.165, 1.54) is 21.3 Å². The van der Waals surface area contributed by atoms with Crippen LogP contribution in [0.5, 0.6) is 11.5 Å². The first-order valence-electron chi connectivity index (χ1n) is 8.08. The first kappa shape index (κ1) is 19.3. The number of nitrogens with one attached hydrogen (secondary N) is 1. The number of hydrogen-bond donors (Lipinski definition) is 2. The van der Waals surface area contributed by atoms with E-state index in [1.807, 2.05) is 4.90 Å². The highest BCUT2D eigenvalue weighted by molar-refractivity contribution is 7.80. The van der Waals surface area contributed by atoms with Crippen molar-refractivity contribution in [3.8, 4) is 11.5 Å². The van der Waals surface area contributed by atoms with Crippen molar-refractivity contribution in [2.45, 2.75) is 25.3 Å². The zero-order chi connectivity index (χ0) is 18.4. The van der Waals surface area contributed by atoms with Gasteiger partial charge in [-0.2, -0.15) is 0 Å². The van der Waals surface area contributed by atoms with E-state index in [-0.39, 0.29) is 12.6 Å². The van der Waals surface area contributed by atoms with Gasteiger partial charge in [0, 0.05) is 18.7 Å². The molecule has 2 N–H and O–H groups in total. The zero-order valence-electron chi connectivity index (χ0n) is 14.7. The third-order valence-corrected chi connectivity index (χ3v) is 4.61. The molecule has 0 aliphatic carbocycles. The molecule has 1 heterocycles. The summed E-state index contributed by atoms with van der Waals surface area (Å²) in [7, 11) is 4.33. The van der Waals surface area contributed by atoms with Gasteiger partial charge in [0.05, 0.1) is 45.2 Å². The lowest BCUT2D eigenvalue weighted by Gasteiger charge is -2.36. The number of ether oxygens (including phenoxy) is 3. The fraction of sp³-hybridized carbons (Fsp3) is 0.529. The van der Waals surface area contributed by atoms with Gasteiger partial charge in [-0.3, -0.25) is 0 Å². The van der Waals surface area contributed by atoms with Crippen LogP contribution in [0.25, 0.3) is 0 Å². The number of methoxy groups -OCH3 is 3. The Morgan fingerprint density at radius 3 is 2.56 bits per heavy atom. The van der Waals surface area contributed by atoms with Crippen LogP contribution in [0.1, 0.15) is 29.6 Å². The topological polar surface area (TPSA) is 80.3 Å². The number of thiocarbonyl (C=S) groups is 1. The molecule has 0 aromatic heterocycles. The Labute approximate surface area is 152 Å². The van der Waals surface area contributed by atoms with Crippen molar-refractivity contribution in [1.82, 2.24) is 4.90 Å². The van der Waals surface area contributed by atoms with Gasteiger partial charge >= 0.3 is 5.97 Å². The molecule has 25 heavy (non-hydrogen) atoms. The summed E-state index contributed by atoms with van der Waals surface area (Å²) in [6, 6.07) is 3.18. The molecule has 0 bridgehead atoms. The molecule has 0 saturated carbocycles. The third-order valence-electron chi connectivity index (χ3n) is 4.27. The number of carbonyl (C=O) groups excluding carboxylic acids is 1. The molecule has 8 heteroatoms. The standard InChI is InChI=1S/C17H24N2O5S/c1-22-14-8-12(16(21)24-3)13(9-15(14)23-2)18-17(25)19-7-5-4-6-11(19)10-20/h8-9,11,20H,4-7,10H2,1-3H3,(H,18,25)/t11-/m0/s1. The second-order valence-corrected chi connectivity index (χ2v) is 6.09. The number of esters is 1. The van der Waals surface area contributed by atoms with Crippen molar-refractivity contribution < 1.29 is 24.1 Å². The molecule has 138 valence electrons. The Morgan fingerprint density at radius 1 is 1.28 bits per heavy atom. The summed E-state index contributed by atoms with van der Waals surface area (Å²) < 4.78 is 15.4. The van der Waals surface area contributed by atoms with E-state index in [0.717, 1.165) is 25.8 Å². The maximum absolute atomic E-state index is 12.1. The van der Waals surface area contributed by atoms with Crippen molar-refractivity contribution in [3.05, 3.63) is 17.7 Å². The van der Waals surface area contributed by atoms with Gasteiger partial charge in [0.1, 0.15) is 0 Å². The summed E-state index contributed by atoms with van der Waals surface area (Å²) in [5.74, 6) is 0.381. The lowest BCUT2D eigenvalue weighted by molar-refractivity contribution is 0.0601. The highest BCUT2D eigenvalue weighted by Gasteiger charge is 2.25. The van der Waals surface area contributed by atoms with Crippen LogP contribution in [0.2, 0.25) is 0 Å². The van der Waals surface area contributed by atoms with Crippen molar-refractivity contribution in [2.24, 2.45) is 0 Å². The third kappa shape index (κ3) is 4.32. The van der Waals surface area contributed by atoms with Gasteiger partial charge in [0.15, 0.2) is 16.6 Å². The van der Waals surface area contributed by atoms with E-state index in [2.05, 4.69) is 5.32 Å². The number of benzene rings is 1. The van der Waals surface area contributed by atoms with Gasteiger partial charge < -0.3 is 29.5 Å². The van der Waals surface area contributed by atoms with E-state index in [4.69, 9.17) is 26.4 Å². The fourth-order valence-corrected chi connectivity index (χ4v) is 3.26. The van der Waals surface area contributed by atoms with Gasteiger partial charge in [0.25, 0.3) is 0 Å². The summed E-state index contributed by atoms with van der Waals surface area (Å²) in [5.41, 5.74) is 0.761. The first-order chi connectivity index (χ1) is 12.0. The number of hydrogen-bond acceptors (Lipinski definition) is 6. The Bertz CT molecular complexity index is 638. The number of rotatable bonds is 5. The molecule has 1 aliphatic rings. The molecule has 1 aromatic rings. The lowest BCUT2D eigenvalue weighted by atomic mass is 10.0. The monoisotopic (exact) mass is 368 g/mol. The largest absolute Gasteiger partial charge is 0.493 e. The molecule has 1 aliphatic heterocycles. The van der Waals surface area contributed by atoms with Crippen LogP contribution in [-0.2, 0) is 4.74 Å². The smallest absolute Gasteiger partial charge is 0.340 e. The van der Waals surface area contributed by atoms with Crippen LogP contribution in [0.4, 0.5) is 5.69 Å². The maximum atomic E-state index is 12.1. The van der Waals surface area contributed by atoms with Crippen molar-refractivity contribution in [3.63, 3.8) is 0 Å². The zero-order valence-corrected chi connectivity index (χ0v) is 15.5. The minimum atomic E-state index is -0.511. The van der Waals surface area contributed by atoms with Crippen LogP contribution in [0, 0.1) is 0 Å². The van der Waals surface area contributed by atoms with Gasteiger partial charge in [-0.05, 0) is 31.5 Å². The molecular formula is C17H24N2O5S. The predicted molar refractivity (Wildman–Crippen MR) is 98.5 cm³/mol. The van der Waals surface area contributed by atoms with E-state index in [9.17, 15) is 9.90 Å². The second kappa shape index (κ2) is 8.87. The predicted octanol–water partition coefficient (Wildman–Crippen LogP) is 2.03. The Balaban J connectivity index is 2.33. The number of likely N-dealkylation sites (tertiary alicyclic amines) is 1. The Kier molecular flexibility index (Phi) is 6.83. The van der Waals surface area contributed by atoms with Crippen LogP contribution < -0.4 is 14.8 Å². The van der Waals surface area contributed by atoms with E-state index < -0.39 is 5.97 Å². The molecule has 2 rings (SSSR count). The second-order valence-electron chi connectivity index (χ2n) is 5.70. The summed E-state index contributed by atoms with van der Waals surface area (Å²) >= 11 is 5.50. The van der Waals surface area contributed by atoms with Gasteiger partial charge in [-0.1, -0.05) is 0 Å². The molecule has 1 atom stereocenters. The average molecular weight is 368 g/mol. The molecule has 1 saturated heterocycles. The van der Waals surface area contributed by atoms with Crippen LogP contribution in [0.3, 0.4) is 0 Å². The number of nitrogens with zero attached hydrogens (tertiary/aromatic N) is 1. The molecule has 0 amide bonds. The molecule has 0 unspecified atom stereocenters. The number of carbonyl (C=O) groups is 1. The lowest BCUT2D eigenvalue weighted by Crippen LogP contribution is -2.47. The number of piperidine rings is 1. The quantitative estimate of drug-likeness (QED) is 0.604. The highest BCUT2D eigenvalue weighted by Crippen LogP contribution is 2.34. The molecule has 0 spiro atoms. The molecule has 0 radical (unpaired) electrons. The van der Waals surface area contributed by atoms with Crippen molar-refractivity contribution in [1.29, 1.82) is 0 Å². The van der Waals surface area contributed by atoms with E-state index in [0.29, 0.717) is 27.9 Å². The Hall–Kier alpha value is -2.06. The van der Waals surface area contributed by atoms with Gasteiger partial charge in [0.2, 0.25) is 0 Å². The Morgan fingerprint density at radius 2 is 1.96 bits per heavy atom. The van der Waals surface area contributed by atoms with E-state index in [1.54, 1.807) is 12.1 Å². The summed E-state index contributed by atoms with van der Waals surface area (Å²) in [6.07, 6.45) is 2.95. The van der Waals surface area contributed by atoms with Crippen LogP contribution in [0.15, 0.2) is 12.1 Å². The molecular weight excluding hydrogens is 344 g/mol. The minimum absolute atomic E-state index is 0.0181. The number of anilines is 1. The van der Waals surface area contributed by atoms with Crippen molar-refractivity contribution in [2.75, 3.05) is 39.8 Å². The van der Waals surface area contributed by atoms with Gasteiger partial charge in [-0.15, -0.1) is 0 Å². The van der Waals surface area contributed by atoms with Crippen LogP contribution in [-0.4, -0.2) is 61.6 Å². The van der Waals surface area contributed by atoms with Crippen LogP contribution >= 0.6 is 12.2 Å². The molecule has 7 nitrogen and oxygen atoms in total. The fourth-order valence-electron chi connectivity index (χ4n) is 2.91. The highest BCUT2D eigenvalue weighted by atomic mass is 32.1. The maximum Gasteiger partial charge on any atom is 0.340 e. The molecule has 1 aromatic carbocycles. The number of aliphatic hydroxyl groups is 1. The van der Waals surface area contributed by atoms with Gasteiger partial charge in [-0.25, -0.2) is 4.79 Å². The average Bonchev–Trinajstić information content (AvgIpc) is 2.66. The number of aliphatic hydroxyl groups excluding tert-OH is 1. The first-order valence-corrected chi connectivity index (χ1v) is 8.49. The van der Waals surface area contributed by atoms with E-state index >= 15 is 0 Å². The summed E-state index contributed by atoms with van der Waals surface area (Å²) in [5, 5.41) is 13.1. The normalized spacial score (nSPS) is 17.0. The summed E-state index contributed by atoms with van der Waals surface area (Å²) in [4.78, 5) is 14.1. The van der Waals surface area contributed by atoms with Crippen molar-refractivity contribution >= 4 is 29.0 Å².